The largest absolute Gasteiger partial charge is 0.379 e. The van der Waals surface area contributed by atoms with E-state index in [0.717, 1.165) is 77.8 Å². The van der Waals surface area contributed by atoms with Gasteiger partial charge >= 0.3 is 0 Å². The van der Waals surface area contributed by atoms with Crippen LogP contribution in [0, 0.1) is 0 Å². The fraction of sp³-hybridized carbons (Fsp3) is 1.00. The lowest BCUT2D eigenvalue weighted by Gasteiger charge is -2.45. The summed E-state index contributed by atoms with van der Waals surface area (Å²) in [6, 6.07) is 0. The van der Waals surface area contributed by atoms with Gasteiger partial charge < -0.3 is 23.7 Å². The molecule has 1 rings (SSSR count). The first-order valence-corrected chi connectivity index (χ1v) is 11.8. The Balaban J connectivity index is 2.84. The zero-order valence-electron chi connectivity index (χ0n) is 19.1. The molecule has 0 aliphatic carbocycles. The molecule has 28 heavy (non-hydrogen) atoms. The minimum atomic E-state index is -0.146. The summed E-state index contributed by atoms with van der Waals surface area (Å²) in [4.78, 5) is 0. The van der Waals surface area contributed by atoms with Crippen LogP contribution in [0.4, 0.5) is 0 Å². The van der Waals surface area contributed by atoms with Gasteiger partial charge in [0.05, 0.1) is 12.7 Å². The minimum Gasteiger partial charge on any atom is -0.379 e. The SMILES string of the molecule is CCCCOC[C@H]1OC(C)[C@H](OCCCC)[C@@H](OCCCC)[C@H]1OCCCC. The lowest BCUT2D eigenvalue weighted by molar-refractivity contribution is -0.262. The van der Waals surface area contributed by atoms with E-state index in [1.165, 1.54) is 0 Å². The molecule has 1 fully saturated rings. The van der Waals surface area contributed by atoms with Crippen molar-refractivity contribution >= 4 is 0 Å². The summed E-state index contributed by atoms with van der Waals surface area (Å²) in [5.41, 5.74) is 0. The maximum Gasteiger partial charge on any atom is 0.115 e. The number of ether oxygens (including phenoxy) is 5. The van der Waals surface area contributed by atoms with Crippen LogP contribution >= 0.6 is 0 Å². The van der Waals surface area contributed by atoms with Crippen molar-refractivity contribution in [2.75, 3.05) is 33.0 Å². The highest BCUT2D eigenvalue weighted by Crippen LogP contribution is 2.29. The Hall–Kier alpha value is -0.200. The van der Waals surface area contributed by atoms with Crippen LogP contribution in [0.2, 0.25) is 0 Å². The summed E-state index contributed by atoms with van der Waals surface area (Å²) in [6.07, 6.45) is 8.20. The quantitative estimate of drug-likeness (QED) is 0.315. The Morgan fingerprint density at radius 1 is 0.607 bits per heavy atom. The normalized spacial score (nSPS) is 28.0. The standard InChI is InChI=1S/C23H46O5/c1-6-10-14-24-18-20-22(26-16-12-8-3)23(27-17-13-9-4)21(19(5)28-20)25-15-11-7-2/h19-23H,6-18H2,1-5H3/t19?,20-,21+,22+,23-/m1/s1. The smallest absolute Gasteiger partial charge is 0.115 e. The van der Waals surface area contributed by atoms with Gasteiger partial charge in [0.25, 0.3) is 0 Å². The fourth-order valence-electron chi connectivity index (χ4n) is 3.39. The van der Waals surface area contributed by atoms with Gasteiger partial charge in [-0.25, -0.2) is 0 Å². The average Bonchev–Trinajstić information content (AvgIpc) is 2.69. The summed E-state index contributed by atoms with van der Waals surface area (Å²) >= 11 is 0. The maximum atomic E-state index is 6.35. The molecule has 1 saturated heterocycles. The van der Waals surface area contributed by atoms with E-state index in [1.54, 1.807) is 0 Å². The summed E-state index contributed by atoms with van der Waals surface area (Å²) in [5.74, 6) is 0. The van der Waals surface area contributed by atoms with Crippen LogP contribution < -0.4 is 0 Å². The minimum absolute atomic E-state index is 0.0331. The molecule has 5 nitrogen and oxygen atoms in total. The highest BCUT2D eigenvalue weighted by atomic mass is 16.6. The summed E-state index contributed by atoms with van der Waals surface area (Å²) in [5, 5.41) is 0. The predicted molar refractivity (Wildman–Crippen MR) is 114 cm³/mol. The zero-order valence-corrected chi connectivity index (χ0v) is 19.1. The van der Waals surface area contributed by atoms with E-state index in [4.69, 9.17) is 23.7 Å². The third-order valence-electron chi connectivity index (χ3n) is 5.22. The van der Waals surface area contributed by atoms with Crippen molar-refractivity contribution < 1.29 is 23.7 Å². The molecule has 1 unspecified atom stereocenters. The number of unbranched alkanes of at least 4 members (excludes halogenated alkanes) is 4. The number of hydrogen-bond acceptors (Lipinski definition) is 5. The van der Waals surface area contributed by atoms with E-state index < -0.39 is 0 Å². The van der Waals surface area contributed by atoms with E-state index in [-0.39, 0.29) is 30.5 Å². The van der Waals surface area contributed by atoms with Crippen LogP contribution in [0.1, 0.15) is 86.0 Å². The predicted octanol–water partition coefficient (Wildman–Crippen LogP) is 5.15. The van der Waals surface area contributed by atoms with Crippen LogP contribution in [0.25, 0.3) is 0 Å². The van der Waals surface area contributed by atoms with Crippen molar-refractivity contribution in [2.45, 2.75) is 117 Å². The molecule has 0 N–H and O–H groups in total. The molecule has 1 aliphatic rings. The second kappa shape index (κ2) is 16.6. The molecule has 0 aromatic heterocycles. The summed E-state index contributed by atoms with van der Waals surface area (Å²) < 4.78 is 31.1. The van der Waals surface area contributed by atoms with Gasteiger partial charge in [0.15, 0.2) is 0 Å². The van der Waals surface area contributed by atoms with Gasteiger partial charge in [-0.3, -0.25) is 0 Å². The van der Waals surface area contributed by atoms with Crippen LogP contribution in [0.3, 0.4) is 0 Å². The zero-order chi connectivity index (χ0) is 20.6. The van der Waals surface area contributed by atoms with Crippen LogP contribution in [0.15, 0.2) is 0 Å². The van der Waals surface area contributed by atoms with E-state index in [9.17, 15) is 0 Å². The van der Waals surface area contributed by atoms with E-state index >= 15 is 0 Å². The molecule has 0 aromatic rings. The molecule has 0 aromatic carbocycles. The molecule has 0 spiro atoms. The molecule has 1 aliphatic heterocycles. The maximum absolute atomic E-state index is 6.35. The molecule has 1 heterocycles. The van der Waals surface area contributed by atoms with Crippen LogP contribution in [0.5, 0.6) is 0 Å². The van der Waals surface area contributed by atoms with Gasteiger partial charge in [0.1, 0.15) is 24.4 Å². The molecule has 0 saturated carbocycles. The molecule has 0 radical (unpaired) electrons. The molecule has 0 amide bonds. The van der Waals surface area contributed by atoms with Crippen molar-refractivity contribution in [3.05, 3.63) is 0 Å². The third-order valence-corrected chi connectivity index (χ3v) is 5.22. The Morgan fingerprint density at radius 3 is 1.61 bits per heavy atom. The Labute approximate surface area is 173 Å². The number of rotatable bonds is 17. The first-order chi connectivity index (χ1) is 13.7. The Bertz CT molecular complexity index is 352. The molecule has 168 valence electrons. The first-order valence-electron chi connectivity index (χ1n) is 11.8. The first kappa shape index (κ1) is 25.8. The molecular formula is C23H46O5. The second-order valence-corrected chi connectivity index (χ2v) is 7.88. The Kier molecular flexibility index (Phi) is 15.3. The highest BCUT2D eigenvalue weighted by molar-refractivity contribution is 4.94. The van der Waals surface area contributed by atoms with Crippen molar-refractivity contribution in [3.8, 4) is 0 Å². The van der Waals surface area contributed by atoms with E-state index in [2.05, 4.69) is 34.6 Å². The van der Waals surface area contributed by atoms with Gasteiger partial charge in [0.2, 0.25) is 0 Å². The van der Waals surface area contributed by atoms with Crippen LogP contribution in [-0.4, -0.2) is 63.6 Å². The van der Waals surface area contributed by atoms with Crippen molar-refractivity contribution in [3.63, 3.8) is 0 Å². The molecular weight excluding hydrogens is 356 g/mol. The molecule has 5 atom stereocenters. The highest BCUT2D eigenvalue weighted by Gasteiger charge is 2.46. The van der Waals surface area contributed by atoms with Crippen molar-refractivity contribution in [1.29, 1.82) is 0 Å². The van der Waals surface area contributed by atoms with Crippen LogP contribution in [-0.2, 0) is 23.7 Å². The van der Waals surface area contributed by atoms with Gasteiger partial charge in [-0.2, -0.15) is 0 Å². The Morgan fingerprint density at radius 2 is 1.07 bits per heavy atom. The summed E-state index contributed by atoms with van der Waals surface area (Å²) in [7, 11) is 0. The number of hydrogen-bond donors (Lipinski definition) is 0. The topological polar surface area (TPSA) is 46.2 Å². The second-order valence-electron chi connectivity index (χ2n) is 7.88. The third kappa shape index (κ3) is 9.53. The monoisotopic (exact) mass is 402 g/mol. The van der Waals surface area contributed by atoms with Gasteiger partial charge in [0, 0.05) is 26.4 Å². The van der Waals surface area contributed by atoms with E-state index in [0.29, 0.717) is 6.61 Å². The molecule has 0 bridgehead atoms. The van der Waals surface area contributed by atoms with E-state index in [1.807, 2.05) is 0 Å². The van der Waals surface area contributed by atoms with Gasteiger partial charge in [-0.15, -0.1) is 0 Å². The average molecular weight is 403 g/mol. The lowest BCUT2D eigenvalue weighted by Crippen LogP contribution is -2.60. The van der Waals surface area contributed by atoms with Gasteiger partial charge in [-0.1, -0.05) is 53.4 Å². The molecule has 5 heteroatoms. The fourth-order valence-corrected chi connectivity index (χ4v) is 3.39. The van der Waals surface area contributed by atoms with Gasteiger partial charge in [-0.05, 0) is 32.6 Å². The van der Waals surface area contributed by atoms with Crippen molar-refractivity contribution in [1.82, 2.24) is 0 Å². The lowest BCUT2D eigenvalue weighted by atomic mass is 9.95. The van der Waals surface area contributed by atoms with Crippen molar-refractivity contribution in [2.24, 2.45) is 0 Å². The summed E-state index contributed by atoms with van der Waals surface area (Å²) in [6.45, 7) is 14.3.